The van der Waals surface area contributed by atoms with Gasteiger partial charge in [0.15, 0.2) is 0 Å². The summed E-state index contributed by atoms with van der Waals surface area (Å²) >= 11 is 0. The van der Waals surface area contributed by atoms with Crippen molar-refractivity contribution < 1.29 is 28.0 Å². The van der Waals surface area contributed by atoms with Crippen LogP contribution in [-0.2, 0) is 28.0 Å². The summed E-state index contributed by atoms with van der Waals surface area (Å²) in [4.78, 5) is 12.4. The Morgan fingerprint density at radius 1 is 0.838 bits per heavy atom. The minimum atomic E-state index is -2.60. The summed E-state index contributed by atoms with van der Waals surface area (Å²) in [6.45, 7) is 7.13. The highest BCUT2D eigenvalue weighted by Gasteiger charge is 2.52. The number of nitrogens with zero attached hydrogens (tertiary/aromatic N) is 1. The monoisotopic (exact) mass is 545 g/mol. The van der Waals surface area contributed by atoms with E-state index >= 15 is 0 Å². The van der Waals surface area contributed by atoms with E-state index in [-0.39, 0.29) is 5.91 Å². The molecule has 1 amide bonds. The molecule has 1 N–H and O–H groups in total. The molecule has 0 aromatic carbocycles. The van der Waals surface area contributed by atoms with E-state index in [1.165, 1.54) is 62.9 Å². The third-order valence-electron chi connectivity index (χ3n) is 7.67. The van der Waals surface area contributed by atoms with Crippen LogP contribution in [0.4, 0.5) is 0 Å². The van der Waals surface area contributed by atoms with Gasteiger partial charge in [0.2, 0.25) is 5.91 Å². The summed E-state index contributed by atoms with van der Waals surface area (Å²) in [6.07, 6.45) is 17.1. The number of ether oxygens (including phenoxy) is 1. The molecule has 1 heterocycles. The average Bonchev–Trinajstić information content (AvgIpc) is 3.12. The molecule has 0 saturated carbocycles. The Balaban J connectivity index is 2.33. The van der Waals surface area contributed by atoms with Crippen molar-refractivity contribution >= 4 is 14.7 Å². The van der Waals surface area contributed by atoms with E-state index in [0.717, 1.165) is 25.7 Å². The maximum Gasteiger partial charge on any atom is 0.500 e. The maximum atomic E-state index is 13.2. The second-order valence-electron chi connectivity index (χ2n) is 11.2. The summed E-state index contributed by atoms with van der Waals surface area (Å²) in [5.41, 5.74) is -1.33. The number of carbonyl (C=O) groups excluding carboxylic acids is 1. The first-order valence-corrected chi connectivity index (χ1v) is 16.7. The highest BCUT2D eigenvalue weighted by Crippen LogP contribution is 2.40. The van der Waals surface area contributed by atoms with E-state index < -0.39 is 20.1 Å². The fourth-order valence-corrected chi connectivity index (χ4v) is 6.94. The molecular formula is C28H57N2O6Si. The molecule has 0 bridgehead atoms. The second-order valence-corrected chi connectivity index (χ2v) is 14.3. The molecule has 1 aliphatic heterocycles. The van der Waals surface area contributed by atoms with Gasteiger partial charge >= 0.3 is 8.80 Å². The van der Waals surface area contributed by atoms with Crippen LogP contribution in [0.1, 0.15) is 124 Å². The third kappa shape index (κ3) is 12.4. The number of nitrogens with one attached hydrogen (secondary N) is 1. The number of hydrogen-bond donors (Lipinski definition) is 1. The number of carbonyl (C=O) groups is 1. The lowest BCUT2D eigenvalue weighted by Crippen LogP contribution is -2.49. The predicted molar refractivity (Wildman–Crippen MR) is 149 cm³/mol. The molecule has 1 radical (unpaired) electrons. The van der Waals surface area contributed by atoms with Crippen LogP contribution in [0, 0.1) is 0 Å². The minimum absolute atomic E-state index is 0.000864. The number of unbranched alkanes of at least 4 members (excludes halogenated alkanes) is 10. The summed E-state index contributed by atoms with van der Waals surface area (Å²) in [6, 6.07) is 0.646. The molecule has 1 rings (SSSR count). The van der Waals surface area contributed by atoms with Crippen LogP contribution in [0.5, 0.6) is 0 Å². The van der Waals surface area contributed by atoms with Gasteiger partial charge in [-0.2, -0.15) is 0 Å². The highest BCUT2D eigenvalue weighted by molar-refractivity contribution is 6.60. The van der Waals surface area contributed by atoms with Crippen molar-refractivity contribution in [3.63, 3.8) is 0 Å². The fraction of sp³-hybridized carbons (Fsp3) is 0.964. The lowest BCUT2D eigenvalue weighted by Gasteiger charge is -2.35. The maximum absolute atomic E-state index is 13.2. The van der Waals surface area contributed by atoms with Crippen LogP contribution in [0.25, 0.3) is 0 Å². The Kier molecular flexibility index (Phi) is 17.4. The molecule has 1 fully saturated rings. The Hall–Kier alpha value is -0.553. The Morgan fingerprint density at radius 2 is 1.35 bits per heavy atom. The molecule has 1 aliphatic rings. The number of hydroxylamine groups is 2. The van der Waals surface area contributed by atoms with E-state index in [1.54, 1.807) is 21.3 Å². The average molecular weight is 546 g/mol. The van der Waals surface area contributed by atoms with Crippen LogP contribution in [0.15, 0.2) is 0 Å². The summed E-state index contributed by atoms with van der Waals surface area (Å²) in [5.74, 6) is -0.000864. The summed E-state index contributed by atoms with van der Waals surface area (Å²) < 4.78 is 22.4. The molecule has 0 aromatic heterocycles. The molecule has 8 nitrogen and oxygen atoms in total. The lowest BCUT2D eigenvalue weighted by atomic mass is 9.95. The zero-order chi connectivity index (χ0) is 27.6. The van der Waals surface area contributed by atoms with Crippen LogP contribution < -0.4 is 5.32 Å². The third-order valence-corrected chi connectivity index (χ3v) is 10.5. The van der Waals surface area contributed by atoms with E-state index in [4.69, 9.17) is 18.0 Å². The molecular weight excluding hydrogens is 488 g/mol. The van der Waals surface area contributed by atoms with Crippen molar-refractivity contribution in [2.45, 2.75) is 141 Å². The van der Waals surface area contributed by atoms with Gasteiger partial charge in [-0.1, -0.05) is 71.1 Å². The van der Waals surface area contributed by atoms with Gasteiger partial charge in [0.1, 0.15) is 5.72 Å². The molecule has 1 atom stereocenters. The van der Waals surface area contributed by atoms with Gasteiger partial charge in [-0.25, -0.2) is 0 Å². The largest absolute Gasteiger partial charge is 0.500 e. The predicted octanol–water partition coefficient (Wildman–Crippen LogP) is 6.39. The standard InChI is InChI=1S/C28H57N2O6Si/c1-7-8-9-10-11-12-13-14-15-16-17-21-28(30(32)27(2,3)25-36-28)22-18-20-26(31)29-23-19-24-37(33-4,34-5)35-6/h7-25H2,1-6H3,(H,29,31). The zero-order valence-electron chi connectivity index (χ0n) is 24.8. The summed E-state index contributed by atoms with van der Waals surface area (Å²) in [7, 11) is 2.17. The number of amides is 1. The van der Waals surface area contributed by atoms with Crippen LogP contribution >= 0.6 is 0 Å². The van der Waals surface area contributed by atoms with Gasteiger partial charge in [0.05, 0.1) is 12.1 Å². The molecule has 9 heteroatoms. The highest BCUT2D eigenvalue weighted by atomic mass is 28.4. The van der Waals surface area contributed by atoms with Gasteiger partial charge in [0.25, 0.3) is 0 Å². The molecule has 0 aliphatic carbocycles. The Bertz CT molecular complexity index is 597. The molecule has 1 saturated heterocycles. The van der Waals surface area contributed by atoms with Gasteiger partial charge in [-0.05, 0) is 46.0 Å². The second kappa shape index (κ2) is 18.7. The quantitative estimate of drug-likeness (QED) is 0.118. The van der Waals surface area contributed by atoms with E-state index in [2.05, 4.69) is 12.2 Å². The number of hydrogen-bond acceptors (Lipinski definition) is 6. The minimum Gasteiger partial charge on any atom is -0.377 e. The molecule has 0 aromatic rings. The van der Waals surface area contributed by atoms with Crippen LogP contribution in [-0.4, -0.2) is 65.5 Å². The van der Waals surface area contributed by atoms with Crippen LogP contribution in [0.3, 0.4) is 0 Å². The van der Waals surface area contributed by atoms with E-state index in [0.29, 0.717) is 38.5 Å². The van der Waals surface area contributed by atoms with Gasteiger partial charge < -0.3 is 23.3 Å². The van der Waals surface area contributed by atoms with Crippen molar-refractivity contribution in [1.82, 2.24) is 10.4 Å². The Morgan fingerprint density at radius 3 is 1.84 bits per heavy atom. The first kappa shape index (κ1) is 34.5. The molecule has 0 spiro atoms. The molecule has 37 heavy (non-hydrogen) atoms. The van der Waals surface area contributed by atoms with Crippen molar-refractivity contribution in [2.24, 2.45) is 0 Å². The van der Waals surface area contributed by atoms with Crippen molar-refractivity contribution in [3.05, 3.63) is 0 Å². The zero-order valence-corrected chi connectivity index (χ0v) is 25.8. The Labute approximate surface area is 228 Å². The van der Waals surface area contributed by atoms with Gasteiger partial charge in [0, 0.05) is 40.3 Å². The number of rotatable bonds is 23. The fourth-order valence-electron chi connectivity index (χ4n) is 5.22. The van der Waals surface area contributed by atoms with Crippen LogP contribution in [0.2, 0.25) is 6.04 Å². The van der Waals surface area contributed by atoms with E-state index in [1.807, 2.05) is 13.8 Å². The first-order chi connectivity index (χ1) is 17.7. The summed E-state index contributed by atoms with van der Waals surface area (Å²) in [5, 5.41) is 17.3. The smallest absolute Gasteiger partial charge is 0.377 e. The van der Waals surface area contributed by atoms with E-state index in [9.17, 15) is 10.0 Å². The van der Waals surface area contributed by atoms with Crippen molar-refractivity contribution in [2.75, 3.05) is 34.5 Å². The van der Waals surface area contributed by atoms with Gasteiger partial charge in [-0.15, -0.1) is 10.3 Å². The first-order valence-electron chi connectivity index (χ1n) is 14.7. The van der Waals surface area contributed by atoms with Crippen molar-refractivity contribution in [3.8, 4) is 0 Å². The van der Waals surface area contributed by atoms with Gasteiger partial charge in [-0.3, -0.25) is 4.79 Å². The SMILES string of the molecule is CCCCCCCCCCCCCC1(CCCC(=O)NCCC[Si](OC)(OC)OC)OCC(C)(C)N1[O]. The molecule has 1 unspecified atom stereocenters. The van der Waals surface area contributed by atoms with Crippen molar-refractivity contribution in [1.29, 1.82) is 0 Å². The topological polar surface area (TPSA) is 89.2 Å². The lowest BCUT2D eigenvalue weighted by molar-refractivity contribution is -0.296. The molecule has 219 valence electrons. The normalized spacial score (nSPS) is 20.0.